The Kier molecular flexibility index (Phi) is 3.58. The molecule has 1 aromatic rings. The summed E-state index contributed by atoms with van der Waals surface area (Å²) in [5, 5.41) is 14.2. The number of hydrogen-bond donors (Lipinski definition) is 1. The van der Waals surface area contributed by atoms with Crippen LogP contribution < -0.4 is 10.2 Å². The first-order valence-corrected chi connectivity index (χ1v) is 5.88. The number of nitrogens with zero attached hydrogens (tertiary/aromatic N) is 2. The van der Waals surface area contributed by atoms with Gasteiger partial charge in [-0.05, 0) is 26.0 Å². The van der Waals surface area contributed by atoms with Crippen molar-refractivity contribution in [3.63, 3.8) is 0 Å². The van der Waals surface area contributed by atoms with Crippen LogP contribution in [0.5, 0.6) is 0 Å². The first-order valence-electron chi connectivity index (χ1n) is 5.88. The van der Waals surface area contributed by atoms with Crippen LogP contribution >= 0.6 is 0 Å². The van der Waals surface area contributed by atoms with E-state index >= 15 is 0 Å². The lowest BCUT2D eigenvalue weighted by Gasteiger charge is -2.33. The van der Waals surface area contributed by atoms with Crippen LogP contribution in [0.3, 0.4) is 0 Å². The second-order valence-electron chi connectivity index (χ2n) is 4.32. The molecule has 1 heterocycles. The maximum absolute atomic E-state index is 11.0. The van der Waals surface area contributed by atoms with E-state index in [4.69, 9.17) is 0 Å². The summed E-state index contributed by atoms with van der Waals surface area (Å²) in [6, 6.07) is 7.38. The number of nitro groups is 1. The van der Waals surface area contributed by atoms with Gasteiger partial charge in [0.25, 0.3) is 5.69 Å². The summed E-state index contributed by atoms with van der Waals surface area (Å²) in [6.07, 6.45) is 2.20. The third-order valence-corrected chi connectivity index (χ3v) is 3.25. The third-order valence-electron chi connectivity index (χ3n) is 3.25. The summed E-state index contributed by atoms with van der Waals surface area (Å²) in [5.74, 6) is 0. The smallest absolute Gasteiger partial charge is 0.292 e. The predicted molar refractivity (Wildman–Crippen MR) is 67.4 cm³/mol. The van der Waals surface area contributed by atoms with Gasteiger partial charge >= 0.3 is 0 Å². The number of rotatable bonds is 3. The highest BCUT2D eigenvalue weighted by atomic mass is 16.6. The maximum atomic E-state index is 11.0. The van der Waals surface area contributed by atoms with Crippen LogP contribution in [0.4, 0.5) is 11.4 Å². The highest BCUT2D eigenvalue weighted by molar-refractivity contribution is 5.63. The lowest BCUT2D eigenvalue weighted by molar-refractivity contribution is -0.384. The predicted octanol–water partition coefficient (Wildman–Crippen LogP) is 1.78. The van der Waals surface area contributed by atoms with Crippen molar-refractivity contribution in [3.8, 4) is 0 Å². The van der Waals surface area contributed by atoms with Gasteiger partial charge in [0, 0.05) is 25.2 Å². The molecule has 0 bridgehead atoms. The third kappa shape index (κ3) is 2.55. The summed E-state index contributed by atoms with van der Waals surface area (Å²) in [4.78, 5) is 12.8. The molecule has 17 heavy (non-hydrogen) atoms. The Morgan fingerprint density at radius 2 is 2.24 bits per heavy atom. The Hall–Kier alpha value is -1.62. The molecule has 0 spiro atoms. The molecular weight excluding hydrogens is 218 g/mol. The summed E-state index contributed by atoms with van der Waals surface area (Å²) in [5.41, 5.74) is 0.932. The summed E-state index contributed by atoms with van der Waals surface area (Å²) in [7, 11) is 1.94. The molecule has 1 fully saturated rings. The van der Waals surface area contributed by atoms with Gasteiger partial charge in [-0.3, -0.25) is 10.1 Å². The van der Waals surface area contributed by atoms with Gasteiger partial charge in [0.1, 0.15) is 5.69 Å². The monoisotopic (exact) mass is 235 g/mol. The van der Waals surface area contributed by atoms with Gasteiger partial charge < -0.3 is 10.2 Å². The molecule has 1 atom stereocenters. The standard InChI is InChI=1S/C12H17N3O2/c1-13-10-5-4-8-14(9-10)11-6-2-3-7-12(11)15(16)17/h2-3,6-7,10,13H,4-5,8-9H2,1H3. The molecule has 1 aliphatic rings. The van der Waals surface area contributed by atoms with Gasteiger partial charge in [0.15, 0.2) is 0 Å². The molecule has 0 aromatic heterocycles. The molecule has 1 aliphatic heterocycles. The fourth-order valence-corrected chi connectivity index (χ4v) is 2.32. The Labute approximate surface area is 101 Å². The van der Waals surface area contributed by atoms with Crippen LogP contribution in [-0.4, -0.2) is 31.1 Å². The zero-order chi connectivity index (χ0) is 12.3. The van der Waals surface area contributed by atoms with E-state index in [0.717, 1.165) is 31.6 Å². The van der Waals surface area contributed by atoms with E-state index in [1.165, 1.54) is 0 Å². The Bertz CT molecular complexity index is 408. The molecule has 92 valence electrons. The highest BCUT2D eigenvalue weighted by Crippen LogP contribution is 2.29. The highest BCUT2D eigenvalue weighted by Gasteiger charge is 2.23. The van der Waals surface area contributed by atoms with Crippen LogP contribution in [0.2, 0.25) is 0 Å². The lowest BCUT2D eigenvalue weighted by Crippen LogP contribution is -2.44. The second-order valence-corrected chi connectivity index (χ2v) is 4.32. The number of anilines is 1. The molecule has 1 N–H and O–H groups in total. The Morgan fingerprint density at radius 1 is 1.47 bits per heavy atom. The summed E-state index contributed by atoms with van der Waals surface area (Å²) in [6.45, 7) is 1.73. The van der Waals surface area contributed by atoms with E-state index in [1.807, 2.05) is 19.2 Å². The first-order chi connectivity index (χ1) is 8.22. The van der Waals surface area contributed by atoms with Gasteiger partial charge in [-0.15, -0.1) is 0 Å². The summed E-state index contributed by atoms with van der Waals surface area (Å²) < 4.78 is 0. The molecule has 5 nitrogen and oxygen atoms in total. The summed E-state index contributed by atoms with van der Waals surface area (Å²) >= 11 is 0. The zero-order valence-electron chi connectivity index (χ0n) is 9.93. The number of likely N-dealkylation sites (N-methyl/N-ethyl adjacent to an activating group) is 1. The van der Waals surface area contributed by atoms with Crippen molar-refractivity contribution in [1.82, 2.24) is 5.32 Å². The topological polar surface area (TPSA) is 58.4 Å². The van der Waals surface area contributed by atoms with Crippen LogP contribution in [0, 0.1) is 10.1 Å². The Balaban J connectivity index is 2.24. The Morgan fingerprint density at radius 3 is 2.94 bits per heavy atom. The molecule has 0 saturated carbocycles. The number of para-hydroxylation sites is 2. The molecule has 0 amide bonds. The van der Waals surface area contributed by atoms with E-state index in [2.05, 4.69) is 10.2 Å². The fraction of sp³-hybridized carbons (Fsp3) is 0.500. The fourth-order valence-electron chi connectivity index (χ4n) is 2.32. The molecule has 0 radical (unpaired) electrons. The number of benzene rings is 1. The average molecular weight is 235 g/mol. The van der Waals surface area contributed by atoms with Gasteiger partial charge in [-0.2, -0.15) is 0 Å². The van der Waals surface area contributed by atoms with Crippen molar-refractivity contribution in [2.24, 2.45) is 0 Å². The van der Waals surface area contributed by atoms with Gasteiger partial charge in [-0.1, -0.05) is 12.1 Å². The minimum atomic E-state index is -0.307. The SMILES string of the molecule is CNC1CCCN(c2ccccc2[N+](=O)[O-])C1. The van der Waals surface area contributed by atoms with E-state index in [9.17, 15) is 10.1 Å². The van der Waals surface area contributed by atoms with Crippen molar-refractivity contribution in [2.75, 3.05) is 25.0 Å². The van der Waals surface area contributed by atoms with E-state index in [1.54, 1.807) is 12.1 Å². The molecule has 0 aliphatic carbocycles. The maximum Gasteiger partial charge on any atom is 0.292 e. The second kappa shape index (κ2) is 5.14. The van der Waals surface area contributed by atoms with Crippen molar-refractivity contribution in [1.29, 1.82) is 0 Å². The normalized spacial score (nSPS) is 20.3. The van der Waals surface area contributed by atoms with Gasteiger partial charge in [0.05, 0.1) is 4.92 Å². The number of nitro benzene ring substituents is 1. The van der Waals surface area contributed by atoms with Gasteiger partial charge in [-0.25, -0.2) is 0 Å². The van der Waals surface area contributed by atoms with E-state index in [-0.39, 0.29) is 10.6 Å². The average Bonchev–Trinajstić information content (AvgIpc) is 2.39. The van der Waals surface area contributed by atoms with Crippen LogP contribution in [0.15, 0.2) is 24.3 Å². The van der Waals surface area contributed by atoms with Gasteiger partial charge in [0.2, 0.25) is 0 Å². The molecular formula is C12H17N3O2. The van der Waals surface area contributed by atoms with E-state index < -0.39 is 0 Å². The zero-order valence-corrected chi connectivity index (χ0v) is 9.93. The first kappa shape index (κ1) is 11.9. The molecule has 1 unspecified atom stereocenters. The van der Waals surface area contributed by atoms with E-state index in [0.29, 0.717) is 6.04 Å². The van der Waals surface area contributed by atoms with Crippen LogP contribution in [0.1, 0.15) is 12.8 Å². The molecule has 1 saturated heterocycles. The minimum Gasteiger partial charge on any atom is -0.364 e. The van der Waals surface area contributed by atoms with Crippen molar-refractivity contribution in [2.45, 2.75) is 18.9 Å². The van der Waals surface area contributed by atoms with Crippen molar-refractivity contribution >= 4 is 11.4 Å². The quantitative estimate of drug-likeness (QED) is 0.641. The lowest BCUT2D eigenvalue weighted by atomic mass is 10.0. The molecule has 1 aromatic carbocycles. The van der Waals surface area contributed by atoms with Crippen LogP contribution in [-0.2, 0) is 0 Å². The van der Waals surface area contributed by atoms with Crippen LogP contribution in [0.25, 0.3) is 0 Å². The largest absolute Gasteiger partial charge is 0.364 e. The minimum absolute atomic E-state index is 0.198. The van der Waals surface area contributed by atoms with Crippen molar-refractivity contribution < 1.29 is 4.92 Å². The molecule has 5 heteroatoms. The number of piperidine rings is 1. The number of nitrogens with one attached hydrogen (secondary N) is 1. The number of hydrogen-bond acceptors (Lipinski definition) is 4. The van der Waals surface area contributed by atoms with Crippen molar-refractivity contribution in [3.05, 3.63) is 34.4 Å². The molecule has 2 rings (SSSR count).